The van der Waals surface area contributed by atoms with Crippen LogP contribution in [0.4, 0.5) is 17.1 Å². The summed E-state index contributed by atoms with van der Waals surface area (Å²) >= 11 is 0. The second-order valence-corrected chi connectivity index (χ2v) is 12.5. The number of benzene rings is 6. The number of allylic oxidation sites excluding steroid dienone is 2. The van der Waals surface area contributed by atoms with E-state index in [-0.39, 0.29) is 39.5 Å². The predicted octanol–water partition coefficient (Wildman–Crippen LogP) is 8.78. The first kappa shape index (κ1) is 35.6. The van der Waals surface area contributed by atoms with Crippen LogP contribution in [0.15, 0.2) is 164 Å². The van der Waals surface area contributed by atoms with E-state index < -0.39 is 23.6 Å². The van der Waals surface area contributed by atoms with Gasteiger partial charge in [0.15, 0.2) is 11.6 Å². The van der Waals surface area contributed by atoms with Crippen molar-refractivity contribution in [2.75, 3.05) is 15.5 Å². The number of amides is 4. The van der Waals surface area contributed by atoms with Crippen molar-refractivity contribution in [1.82, 2.24) is 0 Å². The van der Waals surface area contributed by atoms with E-state index in [9.17, 15) is 28.8 Å². The van der Waals surface area contributed by atoms with Crippen LogP contribution in [-0.4, -0.2) is 35.2 Å². The summed E-state index contributed by atoms with van der Waals surface area (Å²) in [4.78, 5) is 79.7. The number of anilines is 3. The van der Waals surface area contributed by atoms with Crippen molar-refractivity contribution >= 4 is 64.4 Å². The molecule has 0 fully saturated rings. The lowest BCUT2D eigenvalue weighted by Crippen LogP contribution is -2.29. The van der Waals surface area contributed by atoms with Crippen LogP contribution in [0, 0.1) is 0 Å². The van der Waals surface area contributed by atoms with Crippen molar-refractivity contribution in [2.45, 2.75) is 0 Å². The Morgan fingerprint density at radius 2 is 0.909 bits per heavy atom. The van der Waals surface area contributed by atoms with Gasteiger partial charge in [0.2, 0.25) is 0 Å². The lowest BCUT2D eigenvalue weighted by Gasteiger charge is -2.14. The van der Waals surface area contributed by atoms with Gasteiger partial charge in [0.05, 0.1) is 16.8 Å². The molecule has 4 amide bonds. The van der Waals surface area contributed by atoms with E-state index in [1.54, 1.807) is 60.7 Å². The number of hydrogen-bond donors (Lipinski definition) is 2. The van der Waals surface area contributed by atoms with Crippen LogP contribution in [0.2, 0.25) is 0 Å². The highest BCUT2D eigenvalue weighted by atomic mass is 16.2. The van der Waals surface area contributed by atoms with Gasteiger partial charge in [0, 0.05) is 33.6 Å². The van der Waals surface area contributed by atoms with Crippen LogP contribution in [-0.2, 0) is 0 Å². The molecule has 55 heavy (non-hydrogen) atoms. The maximum absolute atomic E-state index is 13.5. The number of carbonyl (C=O) groups excluding carboxylic acids is 6. The fourth-order valence-corrected chi connectivity index (χ4v) is 5.95. The van der Waals surface area contributed by atoms with Crippen molar-refractivity contribution in [2.24, 2.45) is 0 Å². The molecule has 6 aromatic rings. The van der Waals surface area contributed by atoms with E-state index in [4.69, 9.17) is 0 Å². The zero-order valence-electron chi connectivity index (χ0n) is 29.1. The summed E-state index contributed by atoms with van der Waals surface area (Å²) in [5.41, 5.74) is 4.20. The zero-order chi connectivity index (χ0) is 38.3. The third kappa shape index (κ3) is 8.16. The fraction of sp³-hybridized carbons (Fsp3) is 0. The number of nitrogens with zero attached hydrogens (tertiary/aromatic N) is 1. The van der Waals surface area contributed by atoms with Crippen molar-refractivity contribution in [3.8, 4) is 0 Å². The van der Waals surface area contributed by atoms with Gasteiger partial charge in [-0.3, -0.25) is 28.8 Å². The van der Waals surface area contributed by atoms with E-state index >= 15 is 0 Å². The van der Waals surface area contributed by atoms with E-state index in [2.05, 4.69) is 10.6 Å². The van der Waals surface area contributed by atoms with Gasteiger partial charge in [-0.2, -0.15) is 0 Å². The Bertz CT molecular complexity index is 2540. The Kier molecular flexibility index (Phi) is 10.3. The zero-order valence-corrected chi connectivity index (χ0v) is 29.1. The van der Waals surface area contributed by atoms with Crippen LogP contribution in [0.1, 0.15) is 73.3 Å². The Labute approximate surface area is 316 Å². The molecule has 7 rings (SSSR count). The molecule has 0 aliphatic carbocycles. The van der Waals surface area contributed by atoms with Crippen LogP contribution in [0.25, 0.3) is 12.2 Å². The predicted molar refractivity (Wildman–Crippen MR) is 212 cm³/mol. The maximum Gasteiger partial charge on any atom is 0.266 e. The SMILES string of the molecule is O=C(C=Cc1ccccc1)c1cccc(NC(=O)c2ccc(N3C(=O)c4ccc(C(=O)Nc5cccc(C(=O)C=Cc6ccccc6)c5)cc4C3=O)cc2)c1. The number of nitrogens with one attached hydrogen (secondary N) is 2. The molecule has 0 aromatic heterocycles. The van der Waals surface area contributed by atoms with Crippen molar-refractivity contribution < 1.29 is 28.8 Å². The molecule has 1 aliphatic rings. The Hall–Kier alpha value is -7.78. The smallest absolute Gasteiger partial charge is 0.266 e. The number of hydrogen-bond acceptors (Lipinski definition) is 6. The average molecular weight is 722 g/mol. The molecular formula is C46H31N3O6. The van der Waals surface area contributed by atoms with E-state index in [0.717, 1.165) is 16.0 Å². The van der Waals surface area contributed by atoms with E-state index in [1.165, 1.54) is 54.6 Å². The normalized spacial score (nSPS) is 12.2. The molecule has 0 atom stereocenters. The van der Waals surface area contributed by atoms with Gasteiger partial charge in [-0.05, 0) is 90.0 Å². The lowest BCUT2D eigenvalue weighted by atomic mass is 10.0. The molecule has 0 radical (unpaired) electrons. The summed E-state index contributed by atoms with van der Waals surface area (Å²) in [6.07, 6.45) is 6.37. The van der Waals surface area contributed by atoms with Gasteiger partial charge in [-0.15, -0.1) is 0 Å². The molecule has 6 aromatic carbocycles. The molecule has 266 valence electrons. The molecule has 0 saturated heterocycles. The topological polar surface area (TPSA) is 130 Å². The summed E-state index contributed by atoms with van der Waals surface area (Å²) < 4.78 is 0. The molecule has 2 N–H and O–H groups in total. The van der Waals surface area contributed by atoms with Crippen LogP contribution < -0.4 is 15.5 Å². The number of ketones is 2. The first-order chi connectivity index (χ1) is 26.7. The average Bonchev–Trinajstić information content (AvgIpc) is 3.47. The largest absolute Gasteiger partial charge is 0.322 e. The van der Waals surface area contributed by atoms with E-state index in [0.29, 0.717) is 22.5 Å². The second-order valence-electron chi connectivity index (χ2n) is 12.5. The molecule has 0 bridgehead atoms. The number of imide groups is 1. The third-order valence-electron chi connectivity index (χ3n) is 8.80. The summed E-state index contributed by atoms with van der Waals surface area (Å²) in [6, 6.07) is 42.1. The van der Waals surface area contributed by atoms with Crippen molar-refractivity contribution in [3.63, 3.8) is 0 Å². The highest BCUT2D eigenvalue weighted by Gasteiger charge is 2.37. The minimum atomic E-state index is -0.618. The third-order valence-corrected chi connectivity index (χ3v) is 8.80. The van der Waals surface area contributed by atoms with Gasteiger partial charge < -0.3 is 10.6 Å². The van der Waals surface area contributed by atoms with Crippen molar-refractivity contribution in [3.05, 3.63) is 208 Å². The summed E-state index contributed by atoms with van der Waals surface area (Å²) in [7, 11) is 0. The Morgan fingerprint density at radius 1 is 0.436 bits per heavy atom. The molecular weight excluding hydrogens is 691 g/mol. The van der Waals surface area contributed by atoms with Gasteiger partial charge in [0.25, 0.3) is 23.6 Å². The lowest BCUT2D eigenvalue weighted by molar-refractivity contribution is 0.0923. The van der Waals surface area contributed by atoms with Crippen LogP contribution in [0.5, 0.6) is 0 Å². The molecule has 0 saturated carbocycles. The van der Waals surface area contributed by atoms with Gasteiger partial charge >= 0.3 is 0 Å². The minimum absolute atomic E-state index is 0.0579. The molecule has 0 unspecified atom stereocenters. The highest BCUT2D eigenvalue weighted by Crippen LogP contribution is 2.30. The molecule has 9 heteroatoms. The van der Waals surface area contributed by atoms with Crippen LogP contribution in [0.3, 0.4) is 0 Å². The van der Waals surface area contributed by atoms with Gasteiger partial charge in [0.1, 0.15) is 0 Å². The summed E-state index contributed by atoms with van der Waals surface area (Å²) in [6.45, 7) is 0. The van der Waals surface area contributed by atoms with Gasteiger partial charge in [-0.1, -0.05) is 97.1 Å². The summed E-state index contributed by atoms with van der Waals surface area (Å²) in [5.74, 6) is -2.62. The standard InChI is InChI=1S/C46H31N3O6/c50-41(25-17-30-9-3-1-4-10-30)33-13-7-15-36(27-33)47-43(52)32-19-22-38(23-20-32)49-45(54)39-24-21-35(29-40(39)46(49)55)44(53)48-37-16-8-14-34(28-37)42(51)26-18-31-11-5-2-6-12-31/h1-29H,(H,47,52)(H,48,53). The van der Waals surface area contributed by atoms with E-state index in [1.807, 2.05) is 60.7 Å². The van der Waals surface area contributed by atoms with Gasteiger partial charge in [-0.25, -0.2) is 4.90 Å². The summed E-state index contributed by atoms with van der Waals surface area (Å²) in [5, 5.41) is 5.54. The van der Waals surface area contributed by atoms with Crippen LogP contribution >= 0.6 is 0 Å². The minimum Gasteiger partial charge on any atom is -0.322 e. The maximum atomic E-state index is 13.5. The quantitative estimate of drug-likeness (QED) is 0.0782. The second kappa shape index (κ2) is 15.9. The number of carbonyl (C=O) groups is 6. The first-order valence-electron chi connectivity index (χ1n) is 17.2. The number of rotatable bonds is 11. The molecule has 9 nitrogen and oxygen atoms in total. The molecule has 1 heterocycles. The van der Waals surface area contributed by atoms with Crippen molar-refractivity contribution in [1.29, 1.82) is 0 Å². The molecule has 0 spiro atoms. The first-order valence-corrected chi connectivity index (χ1v) is 17.2. The molecule has 1 aliphatic heterocycles. The Morgan fingerprint density at radius 3 is 1.44 bits per heavy atom. The Balaban J connectivity index is 0.991. The fourth-order valence-electron chi connectivity index (χ4n) is 5.95. The number of fused-ring (bicyclic) bond motifs is 1. The monoisotopic (exact) mass is 721 g/mol. The highest BCUT2D eigenvalue weighted by molar-refractivity contribution is 6.35.